The zero-order chi connectivity index (χ0) is 18.2. The maximum Gasteiger partial charge on any atom is 0.260 e. The first-order valence-electron chi connectivity index (χ1n) is 7.94. The van der Waals surface area contributed by atoms with E-state index in [1.165, 1.54) is 0 Å². The lowest BCUT2D eigenvalue weighted by atomic mass is 10.1. The summed E-state index contributed by atoms with van der Waals surface area (Å²) in [5.74, 6) is 1.87. The highest BCUT2D eigenvalue weighted by atomic mass is 79.9. The monoisotopic (exact) mass is 407 g/mol. The Morgan fingerprint density at radius 2 is 1.76 bits per heavy atom. The molecule has 5 nitrogen and oxygen atoms in total. The number of hydrogen-bond acceptors (Lipinski definition) is 4. The average Bonchev–Trinajstić information content (AvgIpc) is 2.63. The van der Waals surface area contributed by atoms with Gasteiger partial charge in [0.1, 0.15) is 5.75 Å². The van der Waals surface area contributed by atoms with E-state index < -0.39 is 6.10 Å². The van der Waals surface area contributed by atoms with Crippen LogP contribution in [0.15, 0.2) is 46.9 Å². The molecule has 0 saturated carbocycles. The van der Waals surface area contributed by atoms with Crippen molar-refractivity contribution in [2.45, 2.75) is 19.4 Å². The number of halogens is 1. The summed E-state index contributed by atoms with van der Waals surface area (Å²) in [5.41, 5.74) is 1.06. The molecule has 1 atom stereocenters. The van der Waals surface area contributed by atoms with Crippen LogP contribution in [0.3, 0.4) is 0 Å². The molecule has 0 saturated heterocycles. The Bertz CT molecular complexity index is 703. The van der Waals surface area contributed by atoms with Crippen LogP contribution in [0.4, 0.5) is 0 Å². The number of benzene rings is 2. The molecule has 1 unspecified atom stereocenters. The number of nitrogens with one attached hydrogen (secondary N) is 1. The van der Waals surface area contributed by atoms with E-state index in [1.54, 1.807) is 21.1 Å². The molecule has 2 aromatic carbocycles. The van der Waals surface area contributed by atoms with E-state index in [9.17, 15) is 4.79 Å². The van der Waals surface area contributed by atoms with Gasteiger partial charge in [0, 0.05) is 11.0 Å². The smallest absolute Gasteiger partial charge is 0.260 e. The van der Waals surface area contributed by atoms with Crippen molar-refractivity contribution in [1.82, 2.24) is 5.32 Å². The van der Waals surface area contributed by atoms with Crippen LogP contribution in [0.25, 0.3) is 0 Å². The Balaban J connectivity index is 1.82. The number of ether oxygens (including phenoxy) is 3. The van der Waals surface area contributed by atoms with Crippen molar-refractivity contribution in [3.8, 4) is 17.2 Å². The van der Waals surface area contributed by atoms with Crippen LogP contribution in [0.1, 0.15) is 12.5 Å². The summed E-state index contributed by atoms with van der Waals surface area (Å²) in [5, 5.41) is 2.88. The van der Waals surface area contributed by atoms with Crippen LogP contribution in [0, 0.1) is 0 Å². The van der Waals surface area contributed by atoms with Crippen LogP contribution in [0.5, 0.6) is 17.2 Å². The largest absolute Gasteiger partial charge is 0.493 e. The molecule has 0 fully saturated rings. The van der Waals surface area contributed by atoms with Gasteiger partial charge in [-0.15, -0.1) is 0 Å². The van der Waals surface area contributed by atoms with Gasteiger partial charge in [-0.05, 0) is 55.3 Å². The maximum absolute atomic E-state index is 12.1. The molecule has 0 bridgehead atoms. The van der Waals surface area contributed by atoms with E-state index in [2.05, 4.69) is 21.2 Å². The SMILES string of the molecule is COc1ccc(CCNC(=O)C(C)Oc2ccc(Br)cc2)cc1OC. The highest BCUT2D eigenvalue weighted by Crippen LogP contribution is 2.27. The Labute approximate surface area is 156 Å². The number of rotatable bonds is 8. The van der Waals surface area contributed by atoms with Gasteiger partial charge in [0.15, 0.2) is 17.6 Å². The number of hydrogen-bond donors (Lipinski definition) is 1. The van der Waals surface area contributed by atoms with Crippen molar-refractivity contribution in [3.63, 3.8) is 0 Å². The van der Waals surface area contributed by atoms with Crippen LogP contribution < -0.4 is 19.5 Å². The third-order valence-corrected chi connectivity index (χ3v) is 4.19. The van der Waals surface area contributed by atoms with E-state index >= 15 is 0 Å². The van der Waals surface area contributed by atoms with Gasteiger partial charge in [-0.2, -0.15) is 0 Å². The quantitative estimate of drug-likeness (QED) is 0.726. The fourth-order valence-electron chi connectivity index (χ4n) is 2.28. The fraction of sp³-hybridized carbons (Fsp3) is 0.316. The number of methoxy groups -OCH3 is 2. The zero-order valence-electron chi connectivity index (χ0n) is 14.5. The predicted molar refractivity (Wildman–Crippen MR) is 100 cm³/mol. The van der Waals surface area contributed by atoms with Gasteiger partial charge in [-0.25, -0.2) is 0 Å². The molecule has 2 rings (SSSR count). The predicted octanol–water partition coefficient (Wildman–Crippen LogP) is 3.59. The van der Waals surface area contributed by atoms with E-state index in [4.69, 9.17) is 14.2 Å². The summed E-state index contributed by atoms with van der Waals surface area (Å²) in [4.78, 5) is 12.1. The Morgan fingerprint density at radius 3 is 2.40 bits per heavy atom. The molecule has 2 aromatic rings. The molecule has 134 valence electrons. The highest BCUT2D eigenvalue weighted by molar-refractivity contribution is 9.10. The summed E-state index contributed by atoms with van der Waals surface area (Å²) >= 11 is 3.36. The Kier molecular flexibility index (Phi) is 7.13. The second-order valence-corrected chi connectivity index (χ2v) is 6.36. The van der Waals surface area contributed by atoms with E-state index in [0.29, 0.717) is 30.2 Å². The minimum absolute atomic E-state index is 0.150. The van der Waals surface area contributed by atoms with Crippen LogP contribution in [-0.2, 0) is 11.2 Å². The van der Waals surface area contributed by atoms with Crippen molar-refractivity contribution < 1.29 is 19.0 Å². The van der Waals surface area contributed by atoms with Gasteiger partial charge in [0.2, 0.25) is 0 Å². The molecule has 6 heteroatoms. The summed E-state index contributed by atoms with van der Waals surface area (Å²) in [7, 11) is 3.20. The Morgan fingerprint density at radius 1 is 1.08 bits per heavy atom. The second-order valence-electron chi connectivity index (χ2n) is 5.44. The molecule has 0 aliphatic heterocycles. The Hall–Kier alpha value is -2.21. The lowest BCUT2D eigenvalue weighted by Crippen LogP contribution is -2.37. The molecule has 0 aliphatic carbocycles. The lowest BCUT2D eigenvalue weighted by Gasteiger charge is -2.15. The first-order valence-corrected chi connectivity index (χ1v) is 8.73. The molecule has 0 aromatic heterocycles. The molecule has 1 amide bonds. The molecule has 25 heavy (non-hydrogen) atoms. The number of carbonyl (C=O) groups excluding carboxylic acids is 1. The van der Waals surface area contributed by atoms with E-state index in [0.717, 1.165) is 10.0 Å². The summed E-state index contributed by atoms with van der Waals surface area (Å²) in [6.45, 7) is 2.25. The normalized spacial score (nSPS) is 11.5. The zero-order valence-corrected chi connectivity index (χ0v) is 16.1. The van der Waals surface area contributed by atoms with Crippen LogP contribution in [-0.4, -0.2) is 32.8 Å². The van der Waals surface area contributed by atoms with Gasteiger partial charge in [0.25, 0.3) is 5.91 Å². The number of amides is 1. The summed E-state index contributed by atoms with van der Waals surface area (Å²) in [6, 6.07) is 13.1. The third kappa shape index (κ3) is 5.67. The van der Waals surface area contributed by atoms with Crippen LogP contribution in [0.2, 0.25) is 0 Å². The maximum atomic E-state index is 12.1. The minimum atomic E-state index is -0.563. The number of carbonyl (C=O) groups is 1. The fourth-order valence-corrected chi connectivity index (χ4v) is 2.55. The minimum Gasteiger partial charge on any atom is -0.493 e. The van der Waals surface area contributed by atoms with Crippen molar-refractivity contribution in [3.05, 3.63) is 52.5 Å². The topological polar surface area (TPSA) is 56.8 Å². The van der Waals surface area contributed by atoms with E-state index in [-0.39, 0.29) is 5.91 Å². The molecular formula is C19H22BrNO4. The third-order valence-electron chi connectivity index (χ3n) is 3.66. The van der Waals surface area contributed by atoms with Gasteiger partial charge in [-0.3, -0.25) is 4.79 Å². The van der Waals surface area contributed by atoms with Crippen LogP contribution >= 0.6 is 15.9 Å². The van der Waals surface area contributed by atoms with Crippen molar-refractivity contribution >= 4 is 21.8 Å². The molecular weight excluding hydrogens is 386 g/mol. The van der Waals surface area contributed by atoms with Crippen molar-refractivity contribution in [1.29, 1.82) is 0 Å². The standard InChI is InChI=1S/C19H22BrNO4/c1-13(25-16-7-5-15(20)6-8-16)19(22)21-11-10-14-4-9-17(23-2)18(12-14)24-3/h4-9,12-13H,10-11H2,1-3H3,(H,21,22). The van der Waals surface area contributed by atoms with E-state index in [1.807, 2.05) is 42.5 Å². The first kappa shape index (κ1) is 19.1. The first-order chi connectivity index (χ1) is 12.0. The van der Waals surface area contributed by atoms with Gasteiger partial charge in [0.05, 0.1) is 14.2 Å². The van der Waals surface area contributed by atoms with Gasteiger partial charge < -0.3 is 19.5 Å². The molecule has 0 radical (unpaired) electrons. The molecule has 1 N–H and O–H groups in total. The van der Waals surface area contributed by atoms with Crippen molar-refractivity contribution in [2.24, 2.45) is 0 Å². The molecule has 0 heterocycles. The van der Waals surface area contributed by atoms with Gasteiger partial charge >= 0.3 is 0 Å². The average molecular weight is 408 g/mol. The highest BCUT2D eigenvalue weighted by Gasteiger charge is 2.14. The molecule has 0 spiro atoms. The summed E-state index contributed by atoms with van der Waals surface area (Å²) in [6.07, 6.45) is 0.128. The second kappa shape index (κ2) is 9.32. The summed E-state index contributed by atoms with van der Waals surface area (Å²) < 4.78 is 17.1. The van der Waals surface area contributed by atoms with Gasteiger partial charge in [-0.1, -0.05) is 22.0 Å². The van der Waals surface area contributed by atoms with Crippen molar-refractivity contribution in [2.75, 3.05) is 20.8 Å². The molecule has 0 aliphatic rings. The lowest BCUT2D eigenvalue weighted by molar-refractivity contribution is -0.127.